The van der Waals surface area contributed by atoms with Crippen LogP contribution in [-0.4, -0.2) is 47.1 Å². The third-order valence-corrected chi connectivity index (χ3v) is 3.93. The highest BCUT2D eigenvalue weighted by Crippen LogP contribution is 2.29. The molecule has 1 aliphatic heterocycles. The Morgan fingerprint density at radius 2 is 2.00 bits per heavy atom. The normalized spacial score (nSPS) is 21.0. The van der Waals surface area contributed by atoms with Crippen molar-refractivity contribution >= 4 is 22.9 Å². The van der Waals surface area contributed by atoms with Crippen LogP contribution in [-0.2, 0) is 0 Å². The first-order valence-electron chi connectivity index (χ1n) is 6.49. The number of rotatable bonds is 3. The Labute approximate surface area is 113 Å². The van der Waals surface area contributed by atoms with Crippen molar-refractivity contribution in [2.75, 3.05) is 31.1 Å². The average molecular weight is 262 g/mol. The van der Waals surface area contributed by atoms with Crippen molar-refractivity contribution in [2.45, 2.75) is 18.9 Å². The molecule has 1 aromatic rings. The Morgan fingerprint density at radius 1 is 1.28 bits per heavy atom. The Bertz CT molecular complexity index is 450. The van der Waals surface area contributed by atoms with Gasteiger partial charge in [-0.25, -0.2) is 0 Å². The Hall–Kier alpha value is -1.20. The maximum absolute atomic E-state index is 5.74. The molecule has 0 spiro atoms. The predicted octanol–water partition coefficient (Wildman–Crippen LogP) is 1.00. The molecule has 0 bridgehead atoms. The lowest BCUT2D eigenvalue weighted by atomic mass is 10.2. The van der Waals surface area contributed by atoms with Crippen LogP contribution in [0.5, 0.6) is 0 Å². The molecule has 96 valence electrons. The number of thiocarbonyl (C=S) groups is 1. The van der Waals surface area contributed by atoms with Crippen LogP contribution >= 0.6 is 12.2 Å². The maximum atomic E-state index is 5.74. The molecular weight excluding hydrogens is 244 g/mol. The van der Waals surface area contributed by atoms with Gasteiger partial charge in [0, 0.05) is 38.4 Å². The summed E-state index contributed by atoms with van der Waals surface area (Å²) in [6.07, 6.45) is 4.51. The van der Waals surface area contributed by atoms with E-state index in [1.54, 1.807) is 6.20 Å². The summed E-state index contributed by atoms with van der Waals surface area (Å²) < 4.78 is 0. The Balaban J connectivity index is 1.73. The predicted molar refractivity (Wildman–Crippen MR) is 76.9 cm³/mol. The highest BCUT2D eigenvalue weighted by Gasteiger charge is 2.31. The molecule has 2 N–H and O–H groups in total. The van der Waals surface area contributed by atoms with Crippen molar-refractivity contribution in [3.63, 3.8) is 0 Å². The molecule has 0 aromatic carbocycles. The van der Waals surface area contributed by atoms with Crippen molar-refractivity contribution in [1.29, 1.82) is 0 Å². The van der Waals surface area contributed by atoms with Crippen LogP contribution in [0.2, 0.25) is 0 Å². The minimum atomic E-state index is 0.384. The van der Waals surface area contributed by atoms with E-state index in [1.165, 1.54) is 12.8 Å². The molecule has 0 amide bonds. The molecule has 0 atom stereocenters. The van der Waals surface area contributed by atoms with Crippen molar-refractivity contribution < 1.29 is 0 Å². The van der Waals surface area contributed by atoms with Crippen molar-refractivity contribution in [3.8, 4) is 0 Å². The lowest BCUT2D eigenvalue weighted by Gasteiger charge is -2.36. The number of piperazine rings is 1. The van der Waals surface area contributed by atoms with Gasteiger partial charge < -0.3 is 10.6 Å². The highest BCUT2D eigenvalue weighted by atomic mass is 32.1. The van der Waals surface area contributed by atoms with Gasteiger partial charge in [0.05, 0.1) is 5.69 Å². The van der Waals surface area contributed by atoms with Crippen molar-refractivity contribution in [2.24, 2.45) is 5.73 Å². The van der Waals surface area contributed by atoms with E-state index in [0.717, 1.165) is 43.6 Å². The van der Waals surface area contributed by atoms with Crippen LogP contribution < -0.4 is 10.6 Å². The van der Waals surface area contributed by atoms with Gasteiger partial charge in [0.1, 0.15) is 10.7 Å². The molecule has 3 rings (SSSR count). The molecule has 2 aliphatic rings. The zero-order valence-electron chi connectivity index (χ0n) is 10.4. The van der Waals surface area contributed by atoms with Crippen molar-refractivity contribution in [3.05, 3.63) is 24.0 Å². The molecule has 0 radical (unpaired) electrons. The van der Waals surface area contributed by atoms with E-state index in [4.69, 9.17) is 18.0 Å². The second-order valence-electron chi connectivity index (χ2n) is 4.99. The van der Waals surface area contributed by atoms with Gasteiger partial charge in [-0.1, -0.05) is 12.2 Å². The summed E-state index contributed by atoms with van der Waals surface area (Å²) in [6, 6.07) is 4.87. The topological polar surface area (TPSA) is 45.4 Å². The number of nitrogens with two attached hydrogens (primary N) is 1. The summed E-state index contributed by atoms with van der Waals surface area (Å²) in [5, 5.41) is 0. The van der Waals surface area contributed by atoms with E-state index in [-0.39, 0.29) is 0 Å². The third kappa shape index (κ3) is 2.33. The van der Waals surface area contributed by atoms with Gasteiger partial charge in [0.25, 0.3) is 0 Å². The van der Waals surface area contributed by atoms with E-state index in [0.29, 0.717) is 4.99 Å². The van der Waals surface area contributed by atoms with Gasteiger partial charge in [0.2, 0.25) is 0 Å². The summed E-state index contributed by atoms with van der Waals surface area (Å²) in [7, 11) is 0. The monoisotopic (exact) mass is 262 g/mol. The molecule has 1 saturated carbocycles. The quantitative estimate of drug-likeness (QED) is 0.823. The molecule has 4 nitrogen and oxygen atoms in total. The Morgan fingerprint density at radius 3 is 2.61 bits per heavy atom. The van der Waals surface area contributed by atoms with Crippen LogP contribution in [0.4, 0.5) is 5.69 Å². The van der Waals surface area contributed by atoms with E-state index >= 15 is 0 Å². The second kappa shape index (κ2) is 4.82. The van der Waals surface area contributed by atoms with Gasteiger partial charge in [0.15, 0.2) is 0 Å². The summed E-state index contributed by atoms with van der Waals surface area (Å²) in [5.74, 6) is 0. The number of nitrogens with zero attached hydrogens (tertiary/aromatic N) is 3. The van der Waals surface area contributed by atoms with Gasteiger partial charge in [-0.2, -0.15) is 0 Å². The van der Waals surface area contributed by atoms with Gasteiger partial charge in [-0.3, -0.25) is 9.88 Å². The zero-order chi connectivity index (χ0) is 12.5. The standard InChI is InChI=1S/C13H18N4S/c14-13(18)12-11(2-1-5-15-12)17-8-6-16(7-9-17)10-3-4-10/h1-2,5,10H,3-4,6-9H2,(H2,14,18). The number of pyridine rings is 1. The molecule has 1 aliphatic carbocycles. The smallest absolute Gasteiger partial charge is 0.124 e. The first-order valence-corrected chi connectivity index (χ1v) is 6.90. The lowest BCUT2D eigenvalue weighted by Crippen LogP contribution is -2.47. The van der Waals surface area contributed by atoms with E-state index in [2.05, 4.69) is 20.9 Å². The highest BCUT2D eigenvalue weighted by molar-refractivity contribution is 7.80. The van der Waals surface area contributed by atoms with Gasteiger partial charge in [-0.05, 0) is 25.0 Å². The van der Waals surface area contributed by atoms with Crippen LogP contribution in [0.3, 0.4) is 0 Å². The number of anilines is 1. The Kier molecular flexibility index (Phi) is 3.18. The van der Waals surface area contributed by atoms with E-state index < -0.39 is 0 Å². The molecular formula is C13H18N4S. The zero-order valence-corrected chi connectivity index (χ0v) is 11.2. The van der Waals surface area contributed by atoms with E-state index in [9.17, 15) is 0 Å². The fraction of sp³-hybridized carbons (Fsp3) is 0.538. The summed E-state index contributed by atoms with van der Waals surface area (Å²) in [6.45, 7) is 4.35. The molecule has 2 heterocycles. The van der Waals surface area contributed by atoms with E-state index in [1.807, 2.05) is 6.07 Å². The largest absolute Gasteiger partial charge is 0.388 e. The molecule has 2 fully saturated rings. The third-order valence-electron chi connectivity index (χ3n) is 3.74. The minimum Gasteiger partial charge on any atom is -0.388 e. The second-order valence-corrected chi connectivity index (χ2v) is 5.43. The first-order chi connectivity index (χ1) is 8.75. The summed E-state index contributed by atoms with van der Waals surface area (Å²) in [4.78, 5) is 9.62. The molecule has 5 heteroatoms. The summed E-state index contributed by atoms with van der Waals surface area (Å²) in [5.41, 5.74) is 7.58. The molecule has 1 saturated heterocycles. The SMILES string of the molecule is NC(=S)c1ncccc1N1CCN(C2CC2)CC1. The molecule has 18 heavy (non-hydrogen) atoms. The van der Waals surface area contributed by atoms with Crippen LogP contribution in [0.25, 0.3) is 0 Å². The average Bonchev–Trinajstić information content (AvgIpc) is 3.23. The van der Waals surface area contributed by atoms with Gasteiger partial charge >= 0.3 is 0 Å². The maximum Gasteiger partial charge on any atom is 0.124 e. The lowest BCUT2D eigenvalue weighted by molar-refractivity contribution is 0.248. The first kappa shape index (κ1) is 11.9. The van der Waals surface area contributed by atoms with Crippen LogP contribution in [0, 0.1) is 0 Å². The number of hydrogen-bond acceptors (Lipinski definition) is 4. The van der Waals surface area contributed by atoms with Crippen LogP contribution in [0.1, 0.15) is 18.5 Å². The molecule has 0 unspecified atom stereocenters. The fourth-order valence-corrected chi connectivity index (χ4v) is 2.77. The molecule has 1 aromatic heterocycles. The number of aromatic nitrogens is 1. The van der Waals surface area contributed by atoms with Gasteiger partial charge in [-0.15, -0.1) is 0 Å². The van der Waals surface area contributed by atoms with Crippen molar-refractivity contribution in [1.82, 2.24) is 9.88 Å². The fourth-order valence-electron chi connectivity index (χ4n) is 2.61. The van der Waals surface area contributed by atoms with Crippen LogP contribution in [0.15, 0.2) is 18.3 Å². The number of hydrogen-bond donors (Lipinski definition) is 1. The minimum absolute atomic E-state index is 0.384. The summed E-state index contributed by atoms with van der Waals surface area (Å²) >= 11 is 5.07.